The third-order valence-corrected chi connectivity index (χ3v) is 7.71. The van der Waals surface area contributed by atoms with Gasteiger partial charge in [-0.2, -0.15) is 0 Å². The van der Waals surface area contributed by atoms with E-state index < -0.39 is 16.1 Å². The molecule has 2 aromatic rings. The first kappa shape index (κ1) is 30.4. The number of nitrogens with zero attached hydrogens (tertiary/aromatic N) is 2. The zero-order chi connectivity index (χ0) is 27.8. The van der Waals surface area contributed by atoms with Gasteiger partial charge in [0.05, 0.1) is 24.1 Å². The van der Waals surface area contributed by atoms with E-state index in [9.17, 15) is 18.0 Å². The molecule has 2 atom stereocenters. The first-order valence-corrected chi connectivity index (χ1v) is 14.6. The van der Waals surface area contributed by atoms with Crippen LogP contribution in [-0.4, -0.2) is 57.1 Å². The average molecular weight is 552 g/mol. The number of halogens is 1. The third kappa shape index (κ3) is 8.93. The Bertz CT molecular complexity index is 1170. The first-order chi connectivity index (χ1) is 17.4. The molecule has 0 aromatic heterocycles. The van der Waals surface area contributed by atoms with E-state index in [1.807, 2.05) is 45.0 Å². The van der Waals surface area contributed by atoms with Gasteiger partial charge in [-0.3, -0.25) is 13.9 Å². The van der Waals surface area contributed by atoms with Gasteiger partial charge in [-0.05, 0) is 57.4 Å². The largest absolute Gasteiger partial charge is 0.495 e. The molecule has 0 unspecified atom stereocenters. The van der Waals surface area contributed by atoms with Gasteiger partial charge in [0.25, 0.3) is 0 Å². The van der Waals surface area contributed by atoms with Crippen molar-refractivity contribution in [1.29, 1.82) is 0 Å². The molecular formula is C27H38ClN3O5S. The van der Waals surface area contributed by atoms with E-state index in [0.717, 1.165) is 23.8 Å². The third-order valence-electron chi connectivity index (χ3n) is 6.22. The quantitative estimate of drug-likeness (QED) is 0.394. The second-order valence-electron chi connectivity index (χ2n) is 9.26. The lowest BCUT2D eigenvalue weighted by molar-refractivity contribution is -0.140. The Morgan fingerprint density at radius 2 is 1.76 bits per heavy atom. The highest BCUT2D eigenvalue weighted by Crippen LogP contribution is 2.30. The van der Waals surface area contributed by atoms with Gasteiger partial charge < -0.3 is 15.0 Å². The number of sulfonamides is 1. The summed E-state index contributed by atoms with van der Waals surface area (Å²) >= 11 is 6.20. The predicted octanol–water partition coefficient (Wildman–Crippen LogP) is 4.54. The number of carbonyl (C=O) groups excluding carboxylic acids is 2. The molecule has 0 saturated heterocycles. The van der Waals surface area contributed by atoms with Gasteiger partial charge in [0.15, 0.2) is 0 Å². The molecule has 0 aliphatic heterocycles. The van der Waals surface area contributed by atoms with Crippen LogP contribution in [0.3, 0.4) is 0 Å². The molecule has 8 nitrogen and oxygen atoms in total. The molecule has 0 bridgehead atoms. The van der Waals surface area contributed by atoms with Gasteiger partial charge in [0.2, 0.25) is 21.8 Å². The van der Waals surface area contributed by atoms with E-state index >= 15 is 0 Å². The van der Waals surface area contributed by atoms with Crippen LogP contribution in [0.5, 0.6) is 5.75 Å². The number of hydrogen-bond acceptors (Lipinski definition) is 5. The van der Waals surface area contributed by atoms with Gasteiger partial charge in [0.1, 0.15) is 11.8 Å². The highest BCUT2D eigenvalue weighted by Gasteiger charge is 2.27. The van der Waals surface area contributed by atoms with Crippen molar-refractivity contribution >= 4 is 39.1 Å². The predicted molar refractivity (Wildman–Crippen MR) is 149 cm³/mol. The molecule has 204 valence electrons. The highest BCUT2D eigenvalue weighted by molar-refractivity contribution is 7.92. The smallest absolute Gasteiger partial charge is 0.242 e. The summed E-state index contributed by atoms with van der Waals surface area (Å²) in [5.41, 5.74) is 2.40. The average Bonchev–Trinajstić information content (AvgIpc) is 2.84. The van der Waals surface area contributed by atoms with E-state index in [1.165, 1.54) is 17.5 Å². The van der Waals surface area contributed by atoms with Gasteiger partial charge in [-0.1, -0.05) is 48.4 Å². The fourth-order valence-electron chi connectivity index (χ4n) is 3.75. The summed E-state index contributed by atoms with van der Waals surface area (Å²) in [6.45, 7) is 7.96. The maximum atomic E-state index is 13.4. The van der Waals surface area contributed by atoms with Crippen LogP contribution in [0.15, 0.2) is 42.5 Å². The first-order valence-electron chi connectivity index (χ1n) is 12.3. The number of anilines is 1. The lowest BCUT2D eigenvalue weighted by Gasteiger charge is -2.30. The number of benzene rings is 2. The maximum absolute atomic E-state index is 13.4. The van der Waals surface area contributed by atoms with Crippen LogP contribution in [-0.2, 0) is 26.2 Å². The molecule has 0 spiro atoms. The van der Waals surface area contributed by atoms with Crippen LogP contribution in [0, 0.1) is 6.92 Å². The van der Waals surface area contributed by atoms with E-state index in [1.54, 1.807) is 24.0 Å². The summed E-state index contributed by atoms with van der Waals surface area (Å²) in [5.74, 6) is -0.0144. The molecule has 0 radical (unpaired) electrons. The number of hydrogen-bond donors (Lipinski definition) is 1. The van der Waals surface area contributed by atoms with Crippen molar-refractivity contribution in [3.63, 3.8) is 0 Å². The molecular weight excluding hydrogens is 514 g/mol. The van der Waals surface area contributed by atoms with Crippen LogP contribution < -0.4 is 14.4 Å². The van der Waals surface area contributed by atoms with Crippen molar-refractivity contribution in [2.75, 3.05) is 24.2 Å². The Kier molecular flexibility index (Phi) is 11.3. The summed E-state index contributed by atoms with van der Waals surface area (Å²) in [4.78, 5) is 27.8. The summed E-state index contributed by atoms with van der Waals surface area (Å²) in [7, 11) is -2.15. The Hall–Kier alpha value is -2.78. The molecule has 0 fully saturated rings. The van der Waals surface area contributed by atoms with Crippen molar-refractivity contribution in [1.82, 2.24) is 10.2 Å². The number of aryl methyl sites for hydroxylation is 1. The normalized spacial score (nSPS) is 12.9. The summed E-state index contributed by atoms with van der Waals surface area (Å²) in [6, 6.07) is 11.8. The fourth-order valence-corrected chi connectivity index (χ4v) is 4.96. The van der Waals surface area contributed by atoms with Gasteiger partial charge in [-0.25, -0.2) is 8.42 Å². The van der Waals surface area contributed by atoms with Crippen molar-refractivity contribution in [3.05, 3.63) is 58.6 Å². The number of rotatable bonds is 13. The molecule has 0 saturated carbocycles. The monoisotopic (exact) mass is 551 g/mol. The summed E-state index contributed by atoms with van der Waals surface area (Å²) < 4.78 is 31.4. The van der Waals surface area contributed by atoms with Crippen molar-refractivity contribution in [2.24, 2.45) is 0 Å². The van der Waals surface area contributed by atoms with Crippen LogP contribution in [0.4, 0.5) is 5.69 Å². The Morgan fingerprint density at radius 1 is 1.11 bits per heavy atom. The summed E-state index contributed by atoms with van der Waals surface area (Å²) in [6.07, 6.45) is 2.22. The van der Waals surface area contributed by atoms with E-state index in [0.29, 0.717) is 11.4 Å². The van der Waals surface area contributed by atoms with Crippen molar-refractivity contribution in [3.8, 4) is 5.75 Å². The van der Waals surface area contributed by atoms with Crippen LogP contribution in [0.2, 0.25) is 5.02 Å². The number of methoxy groups -OCH3 is 1. The molecule has 0 aliphatic carbocycles. The molecule has 2 amide bonds. The minimum absolute atomic E-state index is 0.00841. The van der Waals surface area contributed by atoms with Crippen LogP contribution in [0.25, 0.3) is 0 Å². The lowest BCUT2D eigenvalue weighted by atomic mass is 10.1. The molecule has 1 N–H and O–H groups in total. The zero-order valence-electron chi connectivity index (χ0n) is 22.5. The number of amides is 2. The summed E-state index contributed by atoms with van der Waals surface area (Å²) in [5, 5.41) is 3.23. The molecule has 2 aromatic carbocycles. The fraction of sp³-hybridized carbons (Fsp3) is 0.481. The minimum atomic E-state index is -3.63. The number of ether oxygens (including phenoxy) is 1. The second-order valence-corrected chi connectivity index (χ2v) is 11.6. The van der Waals surface area contributed by atoms with E-state index in [-0.39, 0.29) is 48.8 Å². The highest BCUT2D eigenvalue weighted by atomic mass is 35.5. The molecule has 0 aliphatic rings. The van der Waals surface area contributed by atoms with Gasteiger partial charge in [-0.15, -0.1) is 0 Å². The van der Waals surface area contributed by atoms with E-state index in [2.05, 4.69) is 5.32 Å². The van der Waals surface area contributed by atoms with Crippen LogP contribution in [0.1, 0.15) is 51.2 Å². The zero-order valence-corrected chi connectivity index (χ0v) is 24.0. The van der Waals surface area contributed by atoms with E-state index in [4.69, 9.17) is 16.3 Å². The minimum Gasteiger partial charge on any atom is -0.495 e. The van der Waals surface area contributed by atoms with Crippen molar-refractivity contribution in [2.45, 2.75) is 65.6 Å². The second kappa shape index (κ2) is 13.7. The lowest BCUT2D eigenvalue weighted by Crippen LogP contribution is -2.49. The topological polar surface area (TPSA) is 96.0 Å². The Morgan fingerprint density at radius 3 is 2.30 bits per heavy atom. The Balaban J connectivity index is 2.19. The maximum Gasteiger partial charge on any atom is 0.242 e. The number of nitrogens with one attached hydrogen (secondary N) is 1. The van der Waals surface area contributed by atoms with Gasteiger partial charge >= 0.3 is 0 Å². The van der Waals surface area contributed by atoms with Crippen LogP contribution >= 0.6 is 11.6 Å². The van der Waals surface area contributed by atoms with Gasteiger partial charge in [0, 0.05) is 25.6 Å². The standard InChI is InChI=1S/C27H38ClN3O5S/c1-7-20(3)29-27(33)21(4)30(18-22-12-10-19(2)11-13-22)26(32)9-8-16-31(37(6,34)35)23-14-15-25(36-5)24(28)17-23/h10-15,17,20-21H,7-9,16,18H2,1-6H3,(H,29,33)/t20-,21+/m0/s1. The molecule has 37 heavy (non-hydrogen) atoms. The SMILES string of the molecule is CC[C@H](C)NC(=O)[C@@H](C)N(Cc1ccc(C)cc1)C(=O)CCCN(c1ccc(OC)c(Cl)c1)S(C)(=O)=O. The molecule has 2 rings (SSSR count). The molecule has 10 heteroatoms. The Labute approximate surface area is 226 Å². The molecule has 0 heterocycles. The van der Waals surface area contributed by atoms with Crippen molar-refractivity contribution < 1.29 is 22.7 Å². The number of carbonyl (C=O) groups is 2.